The smallest absolute Gasteiger partial charge is 0.377 e. The minimum absolute atomic E-state index is 0.0326. The zero-order chi connectivity index (χ0) is 15.1. The highest BCUT2D eigenvalue weighted by Crippen LogP contribution is 2.05. The molecular weight excluding hydrogens is 284 g/mol. The molecule has 2 amide bonds. The van der Waals surface area contributed by atoms with Crippen molar-refractivity contribution in [2.45, 2.75) is 0 Å². The summed E-state index contributed by atoms with van der Waals surface area (Å²) in [5.41, 5.74) is 4.16. The largest absolute Gasteiger partial charge is 0.493 e. The molecule has 9 nitrogen and oxygen atoms in total. The molecule has 21 heavy (non-hydrogen) atoms. The molecule has 2 N–H and O–H groups in total. The molecular formula is C12H12N2O7. The molecule has 2 heterocycles. The highest BCUT2D eigenvalue weighted by atomic mass is 16.6. The van der Waals surface area contributed by atoms with Gasteiger partial charge >= 0.3 is 11.9 Å². The van der Waals surface area contributed by atoms with Crippen molar-refractivity contribution in [1.82, 2.24) is 10.9 Å². The molecule has 0 spiro atoms. The third-order valence-corrected chi connectivity index (χ3v) is 2.25. The lowest BCUT2D eigenvalue weighted by Gasteiger charge is -2.14. The predicted octanol–water partition coefficient (Wildman–Crippen LogP) is -0.528. The Labute approximate surface area is 118 Å². The Morgan fingerprint density at radius 3 is 2.76 bits per heavy atom. The maximum absolute atomic E-state index is 11.4. The molecule has 0 atom stereocenters. The third kappa shape index (κ3) is 4.27. The van der Waals surface area contributed by atoms with Crippen LogP contribution in [0.2, 0.25) is 0 Å². The van der Waals surface area contributed by atoms with E-state index in [0.717, 1.165) is 6.26 Å². The van der Waals surface area contributed by atoms with Crippen LogP contribution in [-0.4, -0.2) is 37.6 Å². The van der Waals surface area contributed by atoms with Crippen LogP contribution in [0, 0.1) is 0 Å². The van der Waals surface area contributed by atoms with Crippen LogP contribution in [0.3, 0.4) is 0 Å². The number of hydrogen-bond acceptors (Lipinski definition) is 7. The van der Waals surface area contributed by atoms with Gasteiger partial charge in [-0.2, -0.15) is 0 Å². The van der Waals surface area contributed by atoms with Crippen molar-refractivity contribution in [2.75, 3.05) is 19.8 Å². The van der Waals surface area contributed by atoms with Gasteiger partial charge in [-0.3, -0.25) is 20.4 Å². The molecule has 0 radical (unpaired) electrons. The number of esters is 1. The monoisotopic (exact) mass is 296 g/mol. The Balaban J connectivity index is 1.69. The van der Waals surface area contributed by atoms with E-state index in [1.54, 1.807) is 0 Å². The van der Waals surface area contributed by atoms with Gasteiger partial charge in [-0.15, -0.1) is 0 Å². The highest BCUT2D eigenvalue weighted by molar-refractivity contribution is 5.93. The summed E-state index contributed by atoms with van der Waals surface area (Å²) < 4.78 is 19.3. The zero-order valence-electron chi connectivity index (χ0n) is 10.8. The summed E-state index contributed by atoms with van der Waals surface area (Å²) in [6.07, 6.45) is 2.43. The van der Waals surface area contributed by atoms with Gasteiger partial charge in [-0.25, -0.2) is 4.79 Å². The molecule has 1 aliphatic heterocycles. The van der Waals surface area contributed by atoms with Gasteiger partial charge in [0.05, 0.1) is 6.26 Å². The molecule has 0 aliphatic carbocycles. The molecule has 2 rings (SSSR count). The van der Waals surface area contributed by atoms with Crippen LogP contribution in [-0.2, 0) is 23.8 Å². The second-order valence-corrected chi connectivity index (χ2v) is 3.76. The minimum atomic E-state index is -0.831. The molecule has 0 saturated heterocycles. The highest BCUT2D eigenvalue weighted by Gasteiger charge is 2.18. The molecule has 0 unspecified atom stereocenters. The van der Waals surface area contributed by atoms with E-state index in [1.165, 1.54) is 18.4 Å². The summed E-state index contributed by atoms with van der Waals surface area (Å²) in [6.45, 7) is -0.0135. The number of rotatable bonds is 4. The van der Waals surface area contributed by atoms with E-state index in [9.17, 15) is 14.4 Å². The van der Waals surface area contributed by atoms with E-state index < -0.39 is 24.4 Å². The van der Waals surface area contributed by atoms with Gasteiger partial charge in [0, 0.05) is 0 Å². The Kier molecular flexibility index (Phi) is 4.80. The van der Waals surface area contributed by atoms with Gasteiger partial charge in [0.1, 0.15) is 19.5 Å². The number of ether oxygens (including phenoxy) is 3. The fraction of sp³-hybridized carbons (Fsp3) is 0.250. The number of hydrogen-bond donors (Lipinski definition) is 2. The standard InChI is InChI=1S/C12H12N2O7/c15-10(13-14-11(16)8-2-1-3-19-8)7-21-12(17)9-6-18-4-5-20-9/h1-3,6H,4-5,7H2,(H,13,15)(H,14,16). The fourth-order valence-corrected chi connectivity index (χ4v) is 1.31. The molecule has 0 bridgehead atoms. The predicted molar refractivity (Wildman–Crippen MR) is 65.3 cm³/mol. The summed E-state index contributed by atoms with van der Waals surface area (Å²) in [7, 11) is 0. The number of hydrazine groups is 1. The topological polar surface area (TPSA) is 116 Å². The van der Waals surface area contributed by atoms with Crippen molar-refractivity contribution < 1.29 is 33.0 Å². The van der Waals surface area contributed by atoms with Crippen molar-refractivity contribution >= 4 is 17.8 Å². The van der Waals surface area contributed by atoms with E-state index in [4.69, 9.17) is 13.9 Å². The Morgan fingerprint density at radius 1 is 1.24 bits per heavy atom. The summed E-state index contributed by atoms with van der Waals surface area (Å²) >= 11 is 0. The van der Waals surface area contributed by atoms with Gasteiger partial charge in [-0.1, -0.05) is 0 Å². The van der Waals surface area contributed by atoms with Crippen LogP contribution in [0.1, 0.15) is 10.6 Å². The van der Waals surface area contributed by atoms with Crippen LogP contribution in [0.5, 0.6) is 0 Å². The first-order valence-corrected chi connectivity index (χ1v) is 5.91. The van der Waals surface area contributed by atoms with Crippen molar-refractivity contribution in [3.63, 3.8) is 0 Å². The summed E-state index contributed by atoms with van der Waals surface area (Å²) in [5, 5.41) is 0. The maximum Gasteiger partial charge on any atom is 0.377 e. The molecule has 9 heteroatoms. The Hall–Kier alpha value is -2.97. The SMILES string of the molecule is O=C(COC(=O)C1=COCCO1)NNC(=O)c1ccco1. The van der Waals surface area contributed by atoms with Crippen LogP contribution in [0.25, 0.3) is 0 Å². The summed E-state index contributed by atoms with van der Waals surface area (Å²) in [6, 6.07) is 2.95. The van der Waals surface area contributed by atoms with E-state index >= 15 is 0 Å². The lowest BCUT2D eigenvalue weighted by molar-refractivity contribution is -0.149. The second kappa shape index (κ2) is 6.98. The summed E-state index contributed by atoms with van der Waals surface area (Å²) in [4.78, 5) is 34.3. The van der Waals surface area contributed by atoms with Crippen LogP contribution >= 0.6 is 0 Å². The van der Waals surface area contributed by atoms with Crippen LogP contribution in [0.15, 0.2) is 34.8 Å². The Morgan fingerprint density at radius 2 is 2.10 bits per heavy atom. The zero-order valence-corrected chi connectivity index (χ0v) is 10.8. The lowest BCUT2D eigenvalue weighted by Crippen LogP contribution is -2.43. The molecule has 1 aromatic heterocycles. The van der Waals surface area contributed by atoms with Crippen molar-refractivity contribution in [3.8, 4) is 0 Å². The minimum Gasteiger partial charge on any atom is -0.493 e. The molecule has 112 valence electrons. The number of furan rings is 1. The van der Waals surface area contributed by atoms with Gasteiger partial charge in [0.2, 0.25) is 5.76 Å². The van der Waals surface area contributed by atoms with Crippen LogP contribution < -0.4 is 10.9 Å². The third-order valence-electron chi connectivity index (χ3n) is 2.25. The van der Waals surface area contributed by atoms with Gasteiger partial charge in [0.15, 0.2) is 12.4 Å². The molecule has 1 aliphatic rings. The Bertz CT molecular complexity index is 550. The average Bonchev–Trinajstić information content (AvgIpc) is 3.05. The number of carbonyl (C=O) groups excluding carboxylic acids is 3. The number of amides is 2. The van der Waals surface area contributed by atoms with Crippen molar-refractivity contribution in [3.05, 3.63) is 36.2 Å². The molecule has 0 fully saturated rings. The lowest BCUT2D eigenvalue weighted by atomic mass is 10.4. The maximum atomic E-state index is 11.4. The number of carbonyl (C=O) groups is 3. The fourth-order valence-electron chi connectivity index (χ4n) is 1.31. The van der Waals surface area contributed by atoms with Crippen molar-refractivity contribution in [1.29, 1.82) is 0 Å². The second-order valence-electron chi connectivity index (χ2n) is 3.76. The van der Waals surface area contributed by atoms with E-state index in [0.29, 0.717) is 6.61 Å². The summed E-state index contributed by atoms with van der Waals surface area (Å²) in [5.74, 6) is -2.27. The van der Waals surface area contributed by atoms with Crippen molar-refractivity contribution in [2.24, 2.45) is 0 Å². The molecule has 0 aromatic carbocycles. The van der Waals surface area contributed by atoms with E-state index in [-0.39, 0.29) is 18.1 Å². The normalized spacial score (nSPS) is 13.2. The quantitative estimate of drug-likeness (QED) is 0.566. The van der Waals surface area contributed by atoms with E-state index in [2.05, 4.69) is 15.6 Å². The first-order chi connectivity index (χ1) is 10.2. The van der Waals surface area contributed by atoms with E-state index in [1.807, 2.05) is 0 Å². The van der Waals surface area contributed by atoms with Gasteiger partial charge < -0.3 is 18.6 Å². The average molecular weight is 296 g/mol. The van der Waals surface area contributed by atoms with Crippen LogP contribution in [0.4, 0.5) is 0 Å². The first-order valence-electron chi connectivity index (χ1n) is 5.91. The molecule has 0 saturated carbocycles. The number of nitrogens with one attached hydrogen (secondary N) is 2. The molecule has 1 aromatic rings. The first kappa shape index (κ1) is 14.4. The van der Waals surface area contributed by atoms with Gasteiger partial charge in [-0.05, 0) is 12.1 Å². The van der Waals surface area contributed by atoms with Gasteiger partial charge in [0.25, 0.3) is 5.91 Å².